The SMILES string of the molecule is C[n+]1[c-]n(-c2[c-]c(Oc3[c-]c(-n4[c-][n+](-c5c(-c6ccccc6)cccc5-c5ccccc5)c5ccccc54)ccc3)ccc2)c2ccccc21.[Pt+4]. The molecule has 5 nitrogen and oxygen atoms in total. The Balaban J connectivity index is 0.00000374. The molecule has 9 aromatic rings. The molecule has 0 aliphatic heterocycles. The molecule has 51 heavy (non-hydrogen) atoms. The monoisotopic (exact) mass is 837 g/mol. The Morgan fingerprint density at radius 3 is 1.53 bits per heavy atom. The summed E-state index contributed by atoms with van der Waals surface area (Å²) in [6, 6.07) is 62.9. The molecule has 0 unspecified atom stereocenters. The molecule has 0 spiro atoms. The fraction of sp³-hybridized carbons (Fsp3) is 0.0222. The Morgan fingerprint density at radius 1 is 0.471 bits per heavy atom. The summed E-state index contributed by atoms with van der Waals surface area (Å²) in [4.78, 5) is 0. The van der Waals surface area contributed by atoms with Crippen molar-refractivity contribution < 1.29 is 34.9 Å². The van der Waals surface area contributed by atoms with Gasteiger partial charge in [0.25, 0.3) is 6.33 Å². The van der Waals surface area contributed by atoms with Crippen LogP contribution in [0, 0.1) is 24.8 Å². The Labute approximate surface area is 311 Å². The first-order chi connectivity index (χ1) is 24.7. The van der Waals surface area contributed by atoms with Gasteiger partial charge in [-0.2, -0.15) is 24.3 Å². The van der Waals surface area contributed by atoms with Crippen molar-refractivity contribution in [3.63, 3.8) is 0 Å². The number of fused-ring (bicyclic) bond motifs is 2. The standard InChI is InChI=1S/C45H30N4O.Pt/c1-46-31-47(42-26-9-8-25-41(42)46)35-19-12-21-37(29-35)50-38-22-13-20-36(30-38)48-32-49(44-28-11-10-27-43(44)48)45-39(33-15-4-2-5-16-33)23-14-24-40(45)34-17-6-3-7-18-34;/h2-28H,1H3;/q-2;+4. The van der Waals surface area contributed by atoms with Crippen LogP contribution in [-0.2, 0) is 28.1 Å². The minimum Gasteiger partial charge on any atom is -0.510 e. The number of aromatic nitrogens is 4. The molecule has 0 aliphatic carbocycles. The van der Waals surface area contributed by atoms with Crippen LogP contribution in [0.5, 0.6) is 11.5 Å². The average molecular weight is 838 g/mol. The van der Waals surface area contributed by atoms with Gasteiger partial charge in [-0.1, -0.05) is 133 Å². The summed E-state index contributed by atoms with van der Waals surface area (Å²) in [6.45, 7) is 0. The topological polar surface area (TPSA) is 26.8 Å². The third kappa shape index (κ3) is 5.96. The van der Waals surface area contributed by atoms with Gasteiger partial charge in [0.05, 0.1) is 34.8 Å². The number of hydrogen-bond acceptors (Lipinski definition) is 1. The van der Waals surface area contributed by atoms with Crippen LogP contribution in [0.25, 0.3) is 61.4 Å². The Kier molecular flexibility index (Phi) is 8.65. The van der Waals surface area contributed by atoms with E-state index in [-0.39, 0.29) is 21.1 Å². The zero-order chi connectivity index (χ0) is 33.4. The van der Waals surface area contributed by atoms with Crippen LogP contribution in [0.3, 0.4) is 0 Å². The maximum absolute atomic E-state index is 6.40. The Morgan fingerprint density at radius 2 is 0.941 bits per heavy atom. The molecule has 0 N–H and O–H groups in total. The summed E-state index contributed by atoms with van der Waals surface area (Å²) in [5, 5.41) is 0. The molecule has 6 heteroatoms. The third-order valence-corrected chi connectivity index (χ3v) is 8.93. The van der Waals surface area contributed by atoms with E-state index in [0.29, 0.717) is 11.5 Å². The molecule has 0 saturated carbocycles. The zero-order valence-corrected chi connectivity index (χ0v) is 29.9. The second kappa shape index (κ2) is 13.7. The Hall–Kier alpha value is -6.03. The van der Waals surface area contributed by atoms with E-state index in [1.54, 1.807) is 0 Å². The predicted octanol–water partition coefficient (Wildman–Crippen LogP) is 9.00. The quantitative estimate of drug-likeness (QED) is 0.116. The van der Waals surface area contributed by atoms with Gasteiger partial charge >= 0.3 is 21.1 Å². The predicted molar refractivity (Wildman–Crippen MR) is 196 cm³/mol. The summed E-state index contributed by atoms with van der Waals surface area (Å²) in [7, 11) is 1.99. The van der Waals surface area contributed by atoms with E-state index in [9.17, 15) is 0 Å². The molecule has 244 valence electrons. The van der Waals surface area contributed by atoms with Gasteiger partial charge < -0.3 is 18.4 Å². The Bertz CT molecular complexity index is 2590. The number of rotatable bonds is 7. The summed E-state index contributed by atoms with van der Waals surface area (Å²) in [5.74, 6) is 1.17. The van der Waals surface area contributed by atoms with Crippen LogP contribution in [-0.4, -0.2) is 9.13 Å². The normalized spacial score (nSPS) is 11.1. The van der Waals surface area contributed by atoms with Crippen LogP contribution in [0.2, 0.25) is 0 Å². The van der Waals surface area contributed by atoms with Crippen molar-refractivity contribution in [3.8, 4) is 50.8 Å². The molecular formula is C45H30N4OPt+2. The van der Waals surface area contributed by atoms with Crippen LogP contribution in [0.15, 0.2) is 164 Å². The fourth-order valence-corrected chi connectivity index (χ4v) is 6.64. The van der Waals surface area contributed by atoms with Crippen molar-refractivity contribution in [2.24, 2.45) is 7.05 Å². The van der Waals surface area contributed by atoms with E-state index in [1.807, 2.05) is 64.7 Å². The van der Waals surface area contributed by atoms with Gasteiger partial charge in [-0.3, -0.25) is 4.57 Å². The van der Waals surface area contributed by atoms with Crippen molar-refractivity contribution in [2.45, 2.75) is 0 Å². The molecule has 0 amide bonds. The van der Waals surface area contributed by atoms with E-state index in [4.69, 9.17) is 4.74 Å². The van der Waals surface area contributed by atoms with Gasteiger partial charge in [0, 0.05) is 11.5 Å². The maximum Gasteiger partial charge on any atom is 4.00 e. The number of para-hydroxylation sites is 5. The molecule has 7 aromatic carbocycles. The van der Waals surface area contributed by atoms with E-state index >= 15 is 0 Å². The number of imidazole rings is 2. The van der Waals surface area contributed by atoms with Crippen molar-refractivity contribution in [1.82, 2.24) is 9.13 Å². The van der Waals surface area contributed by atoms with E-state index in [1.165, 1.54) is 0 Å². The molecule has 2 aromatic heterocycles. The molecule has 2 heterocycles. The first-order valence-electron chi connectivity index (χ1n) is 16.5. The van der Waals surface area contributed by atoms with Gasteiger partial charge in [-0.25, -0.2) is 0 Å². The molecule has 0 radical (unpaired) electrons. The largest absolute Gasteiger partial charge is 4.00 e. The van der Waals surface area contributed by atoms with E-state index in [0.717, 1.165) is 61.4 Å². The first-order valence-corrected chi connectivity index (χ1v) is 16.5. The summed E-state index contributed by atoms with van der Waals surface area (Å²) < 4.78 is 14.6. The second-order valence-corrected chi connectivity index (χ2v) is 12.1. The molecule has 0 bridgehead atoms. The van der Waals surface area contributed by atoms with Gasteiger partial charge in [0.1, 0.15) is 0 Å². The first kappa shape index (κ1) is 32.2. The van der Waals surface area contributed by atoms with Crippen molar-refractivity contribution in [2.75, 3.05) is 0 Å². The zero-order valence-electron chi connectivity index (χ0n) is 27.6. The number of nitrogens with zero attached hydrogens (tertiary/aromatic N) is 4. The molecule has 0 fully saturated rings. The molecule has 0 aliphatic rings. The van der Waals surface area contributed by atoms with Crippen LogP contribution >= 0.6 is 0 Å². The van der Waals surface area contributed by atoms with Gasteiger partial charge in [0.2, 0.25) is 6.33 Å². The molecular weight excluding hydrogens is 808 g/mol. The number of hydrogen-bond donors (Lipinski definition) is 0. The minimum atomic E-state index is 0. The summed E-state index contributed by atoms with van der Waals surface area (Å²) >= 11 is 0. The maximum atomic E-state index is 6.40. The average Bonchev–Trinajstić information content (AvgIpc) is 3.73. The number of ether oxygens (including phenoxy) is 1. The number of aryl methyl sites for hydroxylation is 1. The smallest absolute Gasteiger partial charge is 0.510 e. The van der Waals surface area contributed by atoms with E-state index in [2.05, 4.69) is 149 Å². The second-order valence-electron chi connectivity index (χ2n) is 12.1. The fourth-order valence-electron chi connectivity index (χ4n) is 6.64. The van der Waals surface area contributed by atoms with Crippen LogP contribution < -0.4 is 13.9 Å². The van der Waals surface area contributed by atoms with Crippen LogP contribution in [0.4, 0.5) is 0 Å². The minimum absolute atomic E-state index is 0. The van der Waals surface area contributed by atoms with Crippen molar-refractivity contribution >= 4 is 22.1 Å². The van der Waals surface area contributed by atoms with Crippen molar-refractivity contribution in [1.29, 1.82) is 0 Å². The van der Waals surface area contributed by atoms with Gasteiger partial charge in [-0.15, -0.1) is 24.3 Å². The summed E-state index contributed by atoms with van der Waals surface area (Å²) in [5.41, 5.74) is 11.4. The molecule has 0 saturated heterocycles. The van der Waals surface area contributed by atoms with Crippen LogP contribution in [0.1, 0.15) is 0 Å². The van der Waals surface area contributed by atoms with E-state index < -0.39 is 0 Å². The van der Waals surface area contributed by atoms with Crippen molar-refractivity contribution in [3.05, 3.63) is 189 Å². The summed E-state index contributed by atoms with van der Waals surface area (Å²) in [6.07, 6.45) is 7.09. The molecule has 9 rings (SSSR count). The number of benzene rings is 7. The molecule has 0 atom stereocenters. The van der Waals surface area contributed by atoms with Gasteiger partial charge in [0.15, 0.2) is 0 Å². The van der Waals surface area contributed by atoms with Gasteiger partial charge in [-0.05, 0) is 27.9 Å². The third-order valence-electron chi connectivity index (χ3n) is 8.93.